The topological polar surface area (TPSA) is 87.7 Å². The van der Waals surface area contributed by atoms with Crippen molar-refractivity contribution >= 4 is 11.7 Å². The number of nitrogens with two attached hydrogens (primary N) is 1. The first-order valence-electron chi connectivity index (χ1n) is 7.47. The molecule has 0 bridgehead atoms. The molecule has 108 valence electrons. The van der Waals surface area contributed by atoms with Gasteiger partial charge in [0, 0.05) is 6.42 Å². The van der Waals surface area contributed by atoms with Crippen molar-refractivity contribution < 1.29 is 10.0 Å². The van der Waals surface area contributed by atoms with Crippen LogP contribution >= 0.6 is 0 Å². The predicted octanol–water partition coefficient (Wildman–Crippen LogP) is 1.99. The van der Waals surface area contributed by atoms with Gasteiger partial charge in [-0.1, -0.05) is 37.3 Å². The van der Waals surface area contributed by atoms with Crippen LogP contribution in [-0.2, 0) is 4.79 Å². The molecular formula is C14H25N3O2. The van der Waals surface area contributed by atoms with Gasteiger partial charge in [-0.15, -0.1) is 0 Å². The SMILES string of the molecule is NC(=NO)C(NC(=O)CCC1CCCCC1)C1CC1. The Morgan fingerprint density at radius 3 is 2.53 bits per heavy atom. The summed E-state index contributed by atoms with van der Waals surface area (Å²) in [6.07, 6.45) is 10.1. The molecule has 0 aromatic heterocycles. The Kier molecular flexibility index (Phi) is 5.05. The zero-order valence-electron chi connectivity index (χ0n) is 11.5. The Hall–Kier alpha value is -1.26. The van der Waals surface area contributed by atoms with Crippen LogP contribution in [0.2, 0.25) is 0 Å². The first-order valence-corrected chi connectivity index (χ1v) is 7.47. The molecule has 0 saturated heterocycles. The lowest BCUT2D eigenvalue weighted by molar-refractivity contribution is -0.121. The van der Waals surface area contributed by atoms with E-state index in [4.69, 9.17) is 10.9 Å². The minimum atomic E-state index is -0.274. The highest BCUT2D eigenvalue weighted by Crippen LogP contribution is 2.33. The smallest absolute Gasteiger partial charge is 0.220 e. The number of rotatable bonds is 6. The molecule has 2 aliphatic carbocycles. The van der Waals surface area contributed by atoms with Crippen molar-refractivity contribution in [2.75, 3.05) is 0 Å². The third-order valence-corrected chi connectivity index (χ3v) is 4.35. The van der Waals surface area contributed by atoms with Gasteiger partial charge in [0.25, 0.3) is 0 Å². The van der Waals surface area contributed by atoms with Crippen LogP contribution in [0.5, 0.6) is 0 Å². The highest BCUT2D eigenvalue weighted by molar-refractivity contribution is 5.90. The van der Waals surface area contributed by atoms with Crippen molar-refractivity contribution in [3.05, 3.63) is 0 Å². The average Bonchev–Trinajstić information content (AvgIpc) is 3.27. The van der Waals surface area contributed by atoms with Gasteiger partial charge in [0.15, 0.2) is 5.84 Å². The summed E-state index contributed by atoms with van der Waals surface area (Å²) in [5, 5.41) is 14.7. The van der Waals surface area contributed by atoms with E-state index < -0.39 is 0 Å². The van der Waals surface area contributed by atoms with Crippen molar-refractivity contribution in [3.8, 4) is 0 Å². The fourth-order valence-electron chi connectivity index (χ4n) is 2.98. The van der Waals surface area contributed by atoms with Crippen LogP contribution in [0.15, 0.2) is 5.16 Å². The highest BCUT2D eigenvalue weighted by atomic mass is 16.4. The molecule has 0 aromatic carbocycles. The predicted molar refractivity (Wildman–Crippen MR) is 73.9 cm³/mol. The first kappa shape index (κ1) is 14.2. The molecule has 2 rings (SSSR count). The lowest BCUT2D eigenvalue weighted by Crippen LogP contribution is -2.46. The van der Waals surface area contributed by atoms with Crippen LogP contribution in [-0.4, -0.2) is 23.0 Å². The molecule has 1 amide bonds. The molecule has 2 fully saturated rings. The minimum absolute atomic E-state index is 0.0362. The van der Waals surface area contributed by atoms with Crippen molar-refractivity contribution in [2.24, 2.45) is 22.7 Å². The second-order valence-electron chi connectivity index (χ2n) is 5.95. The number of amides is 1. The van der Waals surface area contributed by atoms with Crippen molar-refractivity contribution in [1.82, 2.24) is 5.32 Å². The summed E-state index contributed by atoms with van der Waals surface area (Å²) in [7, 11) is 0. The monoisotopic (exact) mass is 267 g/mol. The van der Waals surface area contributed by atoms with Gasteiger partial charge < -0.3 is 16.3 Å². The van der Waals surface area contributed by atoms with Crippen molar-refractivity contribution in [2.45, 2.75) is 63.8 Å². The number of carbonyl (C=O) groups is 1. The van der Waals surface area contributed by atoms with Gasteiger partial charge >= 0.3 is 0 Å². The maximum Gasteiger partial charge on any atom is 0.220 e. The Bertz CT molecular complexity index is 334. The molecule has 0 heterocycles. The number of nitrogens with one attached hydrogen (secondary N) is 1. The van der Waals surface area contributed by atoms with Gasteiger partial charge in [0.2, 0.25) is 5.91 Å². The van der Waals surface area contributed by atoms with Gasteiger partial charge in [-0.2, -0.15) is 0 Å². The highest BCUT2D eigenvalue weighted by Gasteiger charge is 2.35. The number of carbonyl (C=O) groups excluding carboxylic acids is 1. The number of hydrogen-bond acceptors (Lipinski definition) is 3. The van der Waals surface area contributed by atoms with E-state index in [0.29, 0.717) is 18.3 Å². The van der Waals surface area contributed by atoms with Crippen molar-refractivity contribution in [3.63, 3.8) is 0 Å². The number of amidine groups is 1. The van der Waals surface area contributed by atoms with E-state index in [9.17, 15) is 4.79 Å². The summed E-state index contributed by atoms with van der Waals surface area (Å²) in [6, 6.07) is -0.274. The fraction of sp³-hybridized carbons (Fsp3) is 0.857. The average molecular weight is 267 g/mol. The second-order valence-corrected chi connectivity index (χ2v) is 5.95. The Morgan fingerprint density at radius 2 is 1.95 bits per heavy atom. The van der Waals surface area contributed by atoms with Gasteiger partial charge in [-0.3, -0.25) is 4.79 Å². The lowest BCUT2D eigenvalue weighted by atomic mass is 9.86. The van der Waals surface area contributed by atoms with Crippen molar-refractivity contribution in [1.29, 1.82) is 0 Å². The Labute approximate surface area is 114 Å². The van der Waals surface area contributed by atoms with Crippen LogP contribution in [0, 0.1) is 11.8 Å². The Balaban J connectivity index is 1.72. The van der Waals surface area contributed by atoms with E-state index in [0.717, 1.165) is 19.3 Å². The maximum absolute atomic E-state index is 11.9. The Morgan fingerprint density at radius 1 is 1.26 bits per heavy atom. The molecule has 5 heteroatoms. The third-order valence-electron chi connectivity index (χ3n) is 4.35. The van der Waals surface area contributed by atoms with E-state index in [2.05, 4.69) is 10.5 Å². The molecule has 0 radical (unpaired) electrons. The molecule has 1 unspecified atom stereocenters. The van der Waals surface area contributed by atoms with Gasteiger partial charge in [-0.25, -0.2) is 0 Å². The second kappa shape index (κ2) is 6.78. The number of hydrogen-bond donors (Lipinski definition) is 3. The van der Waals surface area contributed by atoms with Crippen LogP contribution < -0.4 is 11.1 Å². The summed E-state index contributed by atoms with van der Waals surface area (Å²) in [5.74, 6) is 1.24. The zero-order valence-corrected chi connectivity index (χ0v) is 11.5. The van der Waals surface area contributed by atoms with E-state index in [1.54, 1.807) is 0 Å². The third kappa shape index (κ3) is 4.40. The summed E-state index contributed by atoms with van der Waals surface area (Å²) in [4.78, 5) is 11.9. The molecule has 5 nitrogen and oxygen atoms in total. The van der Waals surface area contributed by atoms with E-state index in [-0.39, 0.29) is 17.8 Å². The van der Waals surface area contributed by atoms with Gasteiger partial charge in [-0.05, 0) is 31.1 Å². The zero-order chi connectivity index (χ0) is 13.7. The summed E-state index contributed by atoms with van der Waals surface area (Å²) in [6.45, 7) is 0. The van der Waals surface area contributed by atoms with Crippen LogP contribution in [0.1, 0.15) is 57.8 Å². The molecule has 0 aromatic rings. The normalized spacial score (nSPS) is 23.1. The van der Waals surface area contributed by atoms with E-state index in [1.165, 1.54) is 32.1 Å². The largest absolute Gasteiger partial charge is 0.409 e. The standard InChI is InChI=1S/C14H25N3O2/c15-14(17-19)13(11-7-8-11)16-12(18)9-6-10-4-2-1-3-5-10/h10-11,13,19H,1-9H2,(H2,15,17)(H,16,18). The minimum Gasteiger partial charge on any atom is -0.409 e. The lowest BCUT2D eigenvalue weighted by Gasteiger charge is -2.22. The molecule has 2 aliphatic rings. The molecule has 0 spiro atoms. The summed E-state index contributed by atoms with van der Waals surface area (Å²) >= 11 is 0. The first-order chi connectivity index (χ1) is 9.20. The quantitative estimate of drug-likeness (QED) is 0.297. The molecule has 4 N–H and O–H groups in total. The van der Waals surface area contributed by atoms with E-state index >= 15 is 0 Å². The molecular weight excluding hydrogens is 242 g/mol. The van der Waals surface area contributed by atoms with Gasteiger partial charge in [0.05, 0.1) is 6.04 Å². The fourth-order valence-corrected chi connectivity index (χ4v) is 2.98. The molecule has 19 heavy (non-hydrogen) atoms. The van der Waals surface area contributed by atoms with Crippen LogP contribution in [0.25, 0.3) is 0 Å². The number of nitrogens with zero attached hydrogens (tertiary/aromatic N) is 1. The van der Waals surface area contributed by atoms with Crippen LogP contribution in [0.3, 0.4) is 0 Å². The van der Waals surface area contributed by atoms with E-state index in [1.807, 2.05) is 0 Å². The molecule has 2 saturated carbocycles. The van der Waals surface area contributed by atoms with Crippen LogP contribution in [0.4, 0.5) is 0 Å². The summed E-state index contributed by atoms with van der Waals surface area (Å²) < 4.78 is 0. The molecule has 0 aliphatic heterocycles. The number of oxime groups is 1. The molecule has 1 atom stereocenters. The maximum atomic E-state index is 11.9. The van der Waals surface area contributed by atoms with Gasteiger partial charge in [0.1, 0.15) is 0 Å². The summed E-state index contributed by atoms with van der Waals surface area (Å²) in [5.41, 5.74) is 5.63.